The van der Waals surface area contributed by atoms with Crippen LogP contribution in [-0.2, 0) is 4.79 Å². The molecule has 1 amide bonds. The quantitative estimate of drug-likeness (QED) is 0.908. The third-order valence-corrected chi connectivity index (χ3v) is 5.02. The molecule has 0 bridgehead atoms. The zero-order valence-electron chi connectivity index (χ0n) is 13.7. The summed E-state index contributed by atoms with van der Waals surface area (Å²) in [6.07, 6.45) is 2.07. The topological polar surface area (TPSA) is 58.6 Å². The number of amides is 1. The lowest BCUT2D eigenvalue weighted by Gasteiger charge is -2.29. The molecule has 4 rings (SSSR count). The van der Waals surface area contributed by atoms with Crippen LogP contribution >= 0.6 is 0 Å². The van der Waals surface area contributed by atoms with Crippen molar-refractivity contribution in [3.63, 3.8) is 0 Å². The molecule has 0 saturated heterocycles. The monoisotopic (exact) mass is 323 g/mol. The van der Waals surface area contributed by atoms with Crippen molar-refractivity contribution in [2.75, 3.05) is 6.54 Å². The Morgan fingerprint density at radius 1 is 1.12 bits per heavy atom. The molecule has 2 N–H and O–H groups in total. The fourth-order valence-corrected chi connectivity index (χ4v) is 3.41. The molecule has 1 aliphatic heterocycles. The van der Waals surface area contributed by atoms with Crippen LogP contribution in [0.1, 0.15) is 36.8 Å². The Kier molecular flexibility index (Phi) is 3.57. The highest BCUT2D eigenvalue weighted by Crippen LogP contribution is 2.44. The van der Waals surface area contributed by atoms with Gasteiger partial charge >= 0.3 is 0 Å². The van der Waals surface area contributed by atoms with E-state index in [-0.39, 0.29) is 12.5 Å². The predicted molar refractivity (Wildman–Crippen MR) is 91.2 cm³/mol. The maximum absolute atomic E-state index is 12.9. The number of ether oxygens (including phenoxy) is 1. The van der Waals surface area contributed by atoms with Gasteiger partial charge in [-0.15, -0.1) is 0 Å². The number of hydrogen-bond acceptors (Lipinski definition) is 3. The summed E-state index contributed by atoms with van der Waals surface area (Å²) >= 11 is 0. The van der Waals surface area contributed by atoms with Crippen LogP contribution in [0.25, 0.3) is 0 Å². The van der Waals surface area contributed by atoms with Gasteiger partial charge in [0.1, 0.15) is 11.5 Å². The molecule has 124 valence electrons. The van der Waals surface area contributed by atoms with Crippen LogP contribution in [0.15, 0.2) is 48.5 Å². The van der Waals surface area contributed by atoms with Crippen LogP contribution in [0, 0.1) is 5.92 Å². The normalized spacial score (nSPS) is 18.8. The zero-order chi connectivity index (χ0) is 16.7. The van der Waals surface area contributed by atoms with Crippen LogP contribution in [0.2, 0.25) is 0 Å². The highest BCUT2D eigenvalue weighted by molar-refractivity contribution is 5.89. The molecule has 0 spiro atoms. The van der Waals surface area contributed by atoms with Crippen molar-refractivity contribution in [2.45, 2.75) is 31.3 Å². The van der Waals surface area contributed by atoms with E-state index in [9.17, 15) is 9.90 Å². The second-order valence-electron chi connectivity index (χ2n) is 6.96. The van der Waals surface area contributed by atoms with E-state index in [1.165, 1.54) is 0 Å². The average Bonchev–Trinajstić information content (AvgIpc) is 3.43. The van der Waals surface area contributed by atoms with E-state index in [4.69, 9.17) is 4.74 Å². The maximum atomic E-state index is 12.9. The van der Waals surface area contributed by atoms with Crippen LogP contribution in [0.3, 0.4) is 0 Å². The first kappa shape index (κ1) is 15.2. The van der Waals surface area contributed by atoms with Gasteiger partial charge < -0.3 is 15.2 Å². The molecule has 0 aromatic heterocycles. The molecule has 4 nitrogen and oxygen atoms in total. The van der Waals surface area contributed by atoms with E-state index in [2.05, 4.69) is 5.32 Å². The minimum absolute atomic E-state index is 0.0980. The molecular formula is C20H21NO3. The fraction of sp³-hybridized carbons (Fsp3) is 0.350. The van der Waals surface area contributed by atoms with Crippen molar-refractivity contribution in [1.82, 2.24) is 5.32 Å². The first-order valence-corrected chi connectivity index (χ1v) is 8.42. The van der Waals surface area contributed by atoms with Gasteiger partial charge in [0.25, 0.3) is 0 Å². The summed E-state index contributed by atoms with van der Waals surface area (Å²) in [4.78, 5) is 12.9. The van der Waals surface area contributed by atoms with E-state index in [0.717, 1.165) is 24.0 Å². The molecule has 0 unspecified atom stereocenters. The fourth-order valence-electron chi connectivity index (χ4n) is 3.41. The average molecular weight is 323 g/mol. The molecular weight excluding hydrogens is 302 g/mol. The first-order valence-electron chi connectivity index (χ1n) is 8.42. The number of fused-ring (bicyclic) bond motifs is 2. The lowest BCUT2D eigenvalue weighted by atomic mass is 9.87. The maximum Gasteiger partial charge on any atom is 0.232 e. The minimum Gasteiger partial charge on any atom is -0.457 e. The van der Waals surface area contributed by atoms with Gasteiger partial charge in [0.05, 0.1) is 11.5 Å². The molecule has 2 aromatic rings. The van der Waals surface area contributed by atoms with Crippen molar-refractivity contribution in [3.8, 4) is 11.5 Å². The zero-order valence-corrected chi connectivity index (χ0v) is 13.7. The second-order valence-corrected chi connectivity index (χ2v) is 6.96. The third kappa shape index (κ3) is 2.67. The van der Waals surface area contributed by atoms with Crippen molar-refractivity contribution < 1.29 is 14.6 Å². The van der Waals surface area contributed by atoms with Crippen molar-refractivity contribution >= 4 is 5.91 Å². The SMILES string of the molecule is C[C@@](O)(CNC(=O)C1c2ccccc2Oc2ccccc21)C1CC1. The number of benzene rings is 2. The Balaban J connectivity index is 1.63. The van der Waals surface area contributed by atoms with E-state index in [1.54, 1.807) is 6.92 Å². The van der Waals surface area contributed by atoms with Gasteiger partial charge in [-0.05, 0) is 37.8 Å². The summed E-state index contributed by atoms with van der Waals surface area (Å²) in [5.74, 6) is 1.21. The summed E-state index contributed by atoms with van der Waals surface area (Å²) in [5, 5.41) is 13.4. The summed E-state index contributed by atoms with van der Waals surface area (Å²) in [6.45, 7) is 2.08. The molecule has 0 radical (unpaired) electrons. The molecule has 2 aliphatic rings. The number of nitrogens with one attached hydrogen (secondary N) is 1. The van der Waals surface area contributed by atoms with Gasteiger partial charge in [0.2, 0.25) is 5.91 Å². The lowest BCUT2D eigenvalue weighted by Crippen LogP contribution is -2.44. The standard InChI is InChI=1S/C20H21NO3/c1-20(23,13-10-11-13)12-21-19(22)18-14-6-2-4-8-16(14)24-17-9-5-3-7-15(17)18/h2-9,13,18,23H,10-12H2,1H3,(H,21,22)/t20-/m1/s1. The smallest absolute Gasteiger partial charge is 0.232 e. The Morgan fingerprint density at radius 3 is 2.21 bits per heavy atom. The van der Waals surface area contributed by atoms with Crippen LogP contribution < -0.4 is 10.1 Å². The first-order chi connectivity index (χ1) is 11.6. The predicted octanol–water partition coefficient (Wildman–Crippen LogP) is 3.20. The van der Waals surface area contributed by atoms with Crippen LogP contribution in [0.4, 0.5) is 0 Å². The highest BCUT2D eigenvalue weighted by Gasteiger charge is 2.41. The summed E-state index contributed by atoms with van der Waals surface area (Å²) in [6, 6.07) is 15.2. The van der Waals surface area contributed by atoms with Gasteiger partial charge in [-0.25, -0.2) is 0 Å². The van der Waals surface area contributed by atoms with Crippen LogP contribution in [-0.4, -0.2) is 23.2 Å². The van der Waals surface area contributed by atoms with Crippen molar-refractivity contribution in [3.05, 3.63) is 59.7 Å². The molecule has 1 heterocycles. The summed E-state index contributed by atoms with van der Waals surface area (Å²) in [7, 11) is 0. The number of aliphatic hydroxyl groups is 1. The van der Waals surface area contributed by atoms with Gasteiger partial charge in [0.15, 0.2) is 0 Å². The second kappa shape index (κ2) is 5.64. The Labute approximate surface area is 141 Å². The minimum atomic E-state index is -0.833. The number of para-hydroxylation sites is 2. The molecule has 4 heteroatoms. The number of carbonyl (C=O) groups is 1. The van der Waals surface area contributed by atoms with E-state index >= 15 is 0 Å². The van der Waals surface area contributed by atoms with Gasteiger partial charge in [-0.3, -0.25) is 4.79 Å². The van der Waals surface area contributed by atoms with Crippen molar-refractivity contribution in [1.29, 1.82) is 0 Å². The summed E-state index contributed by atoms with van der Waals surface area (Å²) in [5.41, 5.74) is 0.888. The third-order valence-electron chi connectivity index (χ3n) is 5.02. The van der Waals surface area contributed by atoms with Gasteiger partial charge in [-0.1, -0.05) is 36.4 Å². The largest absolute Gasteiger partial charge is 0.457 e. The number of carbonyl (C=O) groups excluding carboxylic acids is 1. The molecule has 2 aromatic carbocycles. The molecule has 1 saturated carbocycles. The Morgan fingerprint density at radius 2 is 1.67 bits per heavy atom. The molecule has 1 aliphatic carbocycles. The van der Waals surface area contributed by atoms with E-state index in [1.807, 2.05) is 48.5 Å². The van der Waals surface area contributed by atoms with Crippen LogP contribution in [0.5, 0.6) is 11.5 Å². The molecule has 1 fully saturated rings. The van der Waals surface area contributed by atoms with Gasteiger partial charge in [-0.2, -0.15) is 0 Å². The molecule has 1 atom stereocenters. The van der Waals surface area contributed by atoms with E-state index in [0.29, 0.717) is 17.4 Å². The van der Waals surface area contributed by atoms with E-state index < -0.39 is 11.5 Å². The highest BCUT2D eigenvalue weighted by atomic mass is 16.5. The lowest BCUT2D eigenvalue weighted by molar-refractivity contribution is -0.123. The van der Waals surface area contributed by atoms with Gasteiger partial charge in [0, 0.05) is 17.7 Å². The number of rotatable bonds is 4. The van der Waals surface area contributed by atoms with Crippen molar-refractivity contribution in [2.24, 2.45) is 5.92 Å². The Hall–Kier alpha value is -2.33. The molecule has 24 heavy (non-hydrogen) atoms. The Bertz CT molecular complexity index is 734. The number of hydrogen-bond donors (Lipinski definition) is 2. The summed E-state index contributed by atoms with van der Waals surface area (Å²) < 4.78 is 5.92.